The van der Waals surface area contributed by atoms with E-state index in [4.69, 9.17) is 0 Å². The fourth-order valence-corrected chi connectivity index (χ4v) is 1.53. The summed E-state index contributed by atoms with van der Waals surface area (Å²) in [6, 6.07) is 5.72. The van der Waals surface area contributed by atoms with Crippen LogP contribution in [-0.2, 0) is 4.79 Å². The predicted molar refractivity (Wildman–Crippen MR) is 54.2 cm³/mol. The molecule has 0 aliphatic carbocycles. The van der Waals surface area contributed by atoms with Crippen LogP contribution in [0.4, 0.5) is 5.82 Å². The average Bonchev–Trinajstić information content (AvgIpc) is 2.18. The molecule has 4 nitrogen and oxygen atoms in total. The summed E-state index contributed by atoms with van der Waals surface area (Å²) in [5.41, 5.74) is 0.939. The van der Waals surface area contributed by atoms with E-state index in [0.29, 0.717) is 13.1 Å². The standard InChI is InChI=1S/C10H13N3O/c1-8-3-2-4-9(12-8)13-6-5-11-7-10(13)14/h2-4,11H,5-7H2,1H3. The van der Waals surface area contributed by atoms with Crippen molar-refractivity contribution in [3.63, 3.8) is 0 Å². The van der Waals surface area contributed by atoms with Crippen molar-refractivity contribution in [2.75, 3.05) is 24.5 Å². The second kappa shape index (κ2) is 3.75. The van der Waals surface area contributed by atoms with Crippen LogP contribution in [0.25, 0.3) is 0 Å². The molecule has 0 atom stereocenters. The number of anilines is 1. The van der Waals surface area contributed by atoms with Gasteiger partial charge >= 0.3 is 0 Å². The van der Waals surface area contributed by atoms with E-state index in [-0.39, 0.29) is 5.91 Å². The summed E-state index contributed by atoms with van der Waals surface area (Å²) in [5.74, 6) is 0.853. The van der Waals surface area contributed by atoms with Gasteiger partial charge in [-0.2, -0.15) is 0 Å². The van der Waals surface area contributed by atoms with Crippen molar-refractivity contribution in [3.8, 4) is 0 Å². The van der Waals surface area contributed by atoms with E-state index in [1.807, 2.05) is 25.1 Å². The zero-order valence-electron chi connectivity index (χ0n) is 8.16. The van der Waals surface area contributed by atoms with Gasteiger partial charge in [-0.3, -0.25) is 9.69 Å². The molecule has 1 aromatic rings. The van der Waals surface area contributed by atoms with Crippen molar-refractivity contribution in [2.24, 2.45) is 0 Å². The van der Waals surface area contributed by atoms with Gasteiger partial charge in [0.25, 0.3) is 0 Å². The largest absolute Gasteiger partial charge is 0.307 e. The summed E-state index contributed by atoms with van der Waals surface area (Å²) in [6.45, 7) is 3.88. The molecule has 0 spiro atoms. The quantitative estimate of drug-likeness (QED) is 0.695. The highest BCUT2D eigenvalue weighted by Gasteiger charge is 2.19. The SMILES string of the molecule is Cc1cccc(N2CCNCC2=O)n1. The van der Waals surface area contributed by atoms with Crippen molar-refractivity contribution < 1.29 is 4.79 Å². The molecule has 14 heavy (non-hydrogen) atoms. The number of nitrogens with one attached hydrogen (secondary N) is 1. The summed E-state index contributed by atoms with van der Waals surface area (Å²) < 4.78 is 0. The number of piperazine rings is 1. The van der Waals surface area contributed by atoms with Crippen LogP contribution < -0.4 is 10.2 Å². The highest BCUT2D eigenvalue weighted by molar-refractivity contribution is 5.94. The Bertz CT molecular complexity index is 351. The maximum Gasteiger partial charge on any atom is 0.242 e. The molecular formula is C10H13N3O. The maximum atomic E-state index is 11.5. The minimum absolute atomic E-state index is 0.0920. The number of aryl methyl sites for hydroxylation is 1. The van der Waals surface area contributed by atoms with Gasteiger partial charge in [0.05, 0.1) is 6.54 Å². The van der Waals surface area contributed by atoms with Gasteiger partial charge in [0.1, 0.15) is 5.82 Å². The van der Waals surface area contributed by atoms with Crippen molar-refractivity contribution in [2.45, 2.75) is 6.92 Å². The first-order valence-electron chi connectivity index (χ1n) is 4.72. The molecule has 1 N–H and O–H groups in total. The van der Waals surface area contributed by atoms with Crippen molar-refractivity contribution in [1.82, 2.24) is 10.3 Å². The molecule has 0 bridgehead atoms. The van der Waals surface area contributed by atoms with E-state index in [0.717, 1.165) is 18.1 Å². The van der Waals surface area contributed by atoms with Gasteiger partial charge in [-0.25, -0.2) is 4.98 Å². The Kier molecular flexibility index (Phi) is 2.45. The third-order valence-electron chi connectivity index (χ3n) is 2.24. The van der Waals surface area contributed by atoms with Crippen molar-refractivity contribution in [3.05, 3.63) is 23.9 Å². The van der Waals surface area contributed by atoms with E-state index in [1.165, 1.54) is 0 Å². The van der Waals surface area contributed by atoms with Crippen LogP contribution in [0.15, 0.2) is 18.2 Å². The number of hydrogen-bond acceptors (Lipinski definition) is 3. The minimum atomic E-state index is 0.0920. The van der Waals surface area contributed by atoms with Gasteiger partial charge in [-0.15, -0.1) is 0 Å². The van der Waals surface area contributed by atoms with E-state index in [1.54, 1.807) is 4.90 Å². The van der Waals surface area contributed by atoms with Crippen LogP contribution >= 0.6 is 0 Å². The zero-order valence-corrected chi connectivity index (χ0v) is 8.16. The second-order valence-electron chi connectivity index (χ2n) is 3.36. The van der Waals surface area contributed by atoms with Gasteiger partial charge in [0.15, 0.2) is 0 Å². The molecule has 2 rings (SSSR count). The Morgan fingerprint density at radius 1 is 1.50 bits per heavy atom. The van der Waals surface area contributed by atoms with Gasteiger partial charge in [-0.05, 0) is 19.1 Å². The molecule has 4 heteroatoms. The van der Waals surface area contributed by atoms with Gasteiger partial charge in [0, 0.05) is 18.8 Å². The maximum absolute atomic E-state index is 11.5. The predicted octanol–water partition coefficient (Wildman–Crippen LogP) is 0.326. The monoisotopic (exact) mass is 191 g/mol. The molecule has 1 fully saturated rings. The van der Waals surface area contributed by atoms with Crippen LogP contribution in [0.1, 0.15) is 5.69 Å². The smallest absolute Gasteiger partial charge is 0.242 e. The third kappa shape index (κ3) is 1.75. The summed E-state index contributed by atoms with van der Waals surface area (Å²) in [4.78, 5) is 17.6. The lowest BCUT2D eigenvalue weighted by atomic mass is 10.3. The number of hydrogen-bond donors (Lipinski definition) is 1. The summed E-state index contributed by atoms with van der Waals surface area (Å²) >= 11 is 0. The van der Waals surface area contributed by atoms with E-state index < -0.39 is 0 Å². The summed E-state index contributed by atoms with van der Waals surface area (Å²) in [5, 5.41) is 3.03. The van der Waals surface area contributed by atoms with Crippen LogP contribution in [0, 0.1) is 6.92 Å². The molecule has 1 aliphatic heterocycles. The number of aromatic nitrogens is 1. The van der Waals surface area contributed by atoms with Crippen LogP contribution in [0.5, 0.6) is 0 Å². The molecule has 1 aliphatic rings. The first kappa shape index (κ1) is 9.15. The lowest BCUT2D eigenvalue weighted by Crippen LogP contribution is -2.48. The van der Waals surface area contributed by atoms with Crippen LogP contribution in [-0.4, -0.2) is 30.5 Å². The molecule has 0 radical (unpaired) electrons. The first-order chi connectivity index (χ1) is 6.77. The van der Waals surface area contributed by atoms with Crippen molar-refractivity contribution >= 4 is 11.7 Å². The molecular weight excluding hydrogens is 178 g/mol. The van der Waals surface area contributed by atoms with E-state index >= 15 is 0 Å². The molecule has 0 unspecified atom stereocenters. The molecule has 74 valence electrons. The Labute approximate surface area is 82.9 Å². The molecule has 1 aromatic heterocycles. The topological polar surface area (TPSA) is 45.2 Å². The van der Waals surface area contributed by atoms with Crippen LogP contribution in [0.2, 0.25) is 0 Å². The number of rotatable bonds is 1. The Hall–Kier alpha value is -1.42. The average molecular weight is 191 g/mol. The highest BCUT2D eigenvalue weighted by Crippen LogP contribution is 2.12. The summed E-state index contributed by atoms with van der Waals surface area (Å²) in [7, 11) is 0. The third-order valence-corrected chi connectivity index (χ3v) is 2.24. The minimum Gasteiger partial charge on any atom is -0.307 e. The van der Waals surface area contributed by atoms with Gasteiger partial charge in [-0.1, -0.05) is 6.07 Å². The van der Waals surface area contributed by atoms with Gasteiger partial charge < -0.3 is 5.32 Å². The number of carbonyl (C=O) groups excluding carboxylic acids is 1. The Balaban J connectivity index is 2.24. The second-order valence-corrected chi connectivity index (χ2v) is 3.36. The molecule has 1 saturated heterocycles. The fraction of sp³-hybridized carbons (Fsp3) is 0.400. The Morgan fingerprint density at radius 3 is 3.07 bits per heavy atom. The normalized spacial score (nSPS) is 17.2. The lowest BCUT2D eigenvalue weighted by Gasteiger charge is -2.26. The highest BCUT2D eigenvalue weighted by atomic mass is 16.2. The summed E-state index contributed by atoms with van der Waals surface area (Å²) in [6.07, 6.45) is 0. The number of nitrogens with zero attached hydrogens (tertiary/aromatic N) is 2. The van der Waals surface area contributed by atoms with Crippen molar-refractivity contribution in [1.29, 1.82) is 0 Å². The number of pyridine rings is 1. The lowest BCUT2D eigenvalue weighted by molar-refractivity contribution is -0.118. The zero-order chi connectivity index (χ0) is 9.97. The molecule has 0 saturated carbocycles. The molecule has 1 amide bonds. The van der Waals surface area contributed by atoms with E-state index in [2.05, 4.69) is 10.3 Å². The van der Waals surface area contributed by atoms with Crippen LogP contribution in [0.3, 0.4) is 0 Å². The molecule has 0 aromatic carbocycles. The fourth-order valence-electron chi connectivity index (χ4n) is 1.53. The number of amides is 1. The molecule has 2 heterocycles. The van der Waals surface area contributed by atoms with Gasteiger partial charge in [0.2, 0.25) is 5.91 Å². The first-order valence-corrected chi connectivity index (χ1v) is 4.72. The Morgan fingerprint density at radius 2 is 2.36 bits per heavy atom. The van der Waals surface area contributed by atoms with E-state index in [9.17, 15) is 4.79 Å². The number of carbonyl (C=O) groups is 1.